The van der Waals surface area contributed by atoms with Gasteiger partial charge in [-0.3, -0.25) is 9.59 Å². The van der Waals surface area contributed by atoms with Gasteiger partial charge in [0, 0.05) is 30.0 Å². The van der Waals surface area contributed by atoms with Crippen LogP contribution in [-0.2, 0) is 4.79 Å². The van der Waals surface area contributed by atoms with Gasteiger partial charge in [0.2, 0.25) is 5.91 Å². The minimum atomic E-state index is -0.699. The van der Waals surface area contributed by atoms with Gasteiger partial charge in [0.25, 0.3) is 5.91 Å². The summed E-state index contributed by atoms with van der Waals surface area (Å²) < 4.78 is 0. The van der Waals surface area contributed by atoms with Gasteiger partial charge in [0.1, 0.15) is 6.04 Å². The Morgan fingerprint density at radius 2 is 1.48 bits per heavy atom. The summed E-state index contributed by atoms with van der Waals surface area (Å²) in [5, 5.41) is 8.40. The summed E-state index contributed by atoms with van der Waals surface area (Å²) in [5.74, 6) is -0.611. The summed E-state index contributed by atoms with van der Waals surface area (Å²) in [6, 6.07) is 13.4. The number of anilines is 2. The molecule has 7 heteroatoms. The smallest absolute Gasteiger partial charge is 0.321 e. The number of rotatable bonds is 5. The standard InChI is InChI=1S/C24H30N4O3/c1-17-8-7-9-19(16-17)23(30)25-18(2)22(29)26-20-10-12-21(13-11-20)27-24(31)28-14-5-3-4-6-15-28/h7-13,16,18H,3-6,14-15H2,1-2H3,(H,25,30)(H,26,29)(H,27,31). The Labute approximate surface area is 183 Å². The van der Waals surface area contributed by atoms with E-state index in [0.717, 1.165) is 31.5 Å². The fraction of sp³-hybridized carbons (Fsp3) is 0.375. The number of amides is 4. The van der Waals surface area contributed by atoms with Gasteiger partial charge in [0.05, 0.1) is 0 Å². The Morgan fingerprint density at radius 1 is 0.871 bits per heavy atom. The van der Waals surface area contributed by atoms with Gasteiger partial charge in [-0.25, -0.2) is 4.79 Å². The number of nitrogens with one attached hydrogen (secondary N) is 3. The van der Waals surface area contributed by atoms with E-state index in [1.165, 1.54) is 12.8 Å². The quantitative estimate of drug-likeness (QED) is 0.676. The van der Waals surface area contributed by atoms with E-state index >= 15 is 0 Å². The number of hydrogen-bond acceptors (Lipinski definition) is 3. The van der Waals surface area contributed by atoms with E-state index in [0.29, 0.717) is 16.9 Å². The Hall–Kier alpha value is -3.35. The highest BCUT2D eigenvalue weighted by molar-refractivity contribution is 6.01. The van der Waals surface area contributed by atoms with Gasteiger partial charge >= 0.3 is 6.03 Å². The lowest BCUT2D eigenvalue weighted by molar-refractivity contribution is -0.117. The van der Waals surface area contributed by atoms with Crippen LogP contribution in [0.15, 0.2) is 48.5 Å². The Morgan fingerprint density at radius 3 is 2.10 bits per heavy atom. The molecule has 0 aromatic heterocycles. The second-order valence-electron chi connectivity index (χ2n) is 7.96. The predicted octanol–water partition coefficient (Wildman–Crippen LogP) is 4.16. The third-order valence-electron chi connectivity index (χ3n) is 5.32. The third-order valence-corrected chi connectivity index (χ3v) is 5.32. The van der Waals surface area contributed by atoms with Crippen molar-refractivity contribution in [3.05, 3.63) is 59.7 Å². The molecule has 0 bridgehead atoms. The van der Waals surface area contributed by atoms with E-state index < -0.39 is 6.04 Å². The highest BCUT2D eigenvalue weighted by Gasteiger charge is 2.18. The summed E-state index contributed by atoms with van der Waals surface area (Å²) in [6.45, 7) is 5.12. The molecule has 2 aromatic carbocycles. The van der Waals surface area contributed by atoms with Crippen molar-refractivity contribution in [1.82, 2.24) is 10.2 Å². The molecule has 2 aromatic rings. The number of nitrogens with zero attached hydrogens (tertiary/aromatic N) is 1. The molecule has 31 heavy (non-hydrogen) atoms. The lowest BCUT2D eigenvalue weighted by Gasteiger charge is -2.21. The summed E-state index contributed by atoms with van der Waals surface area (Å²) in [5.41, 5.74) is 2.76. The Balaban J connectivity index is 1.50. The predicted molar refractivity (Wildman–Crippen MR) is 122 cm³/mol. The van der Waals surface area contributed by atoms with Crippen molar-refractivity contribution in [2.45, 2.75) is 45.6 Å². The number of hydrogen-bond donors (Lipinski definition) is 3. The second-order valence-corrected chi connectivity index (χ2v) is 7.96. The number of likely N-dealkylation sites (tertiary alicyclic amines) is 1. The molecule has 3 N–H and O–H groups in total. The molecule has 1 aliphatic heterocycles. The van der Waals surface area contributed by atoms with E-state index in [1.54, 1.807) is 43.3 Å². The number of urea groups is 1. The van der Waals surface area contributed by atoms with E-state index in [1.807, 2.05) is 24.0 Å². The van der Waals surface area contributed by atoms with Gasteiger partial charge in [0.15, 0.2) is 0 Å². The summed E-state index contributed by atoms with van der Waals surface area (Å²) >= 11 is 0. The molecule has 3 rings (SSSR count). The molecule has 0 spiro atoms. The first-order valence-corrected chi connectivity index (χ1v) is 10.8. The van der Waals surface area contributed by atoms with Gasteiger partial charge in [-0.2, -0.15) is 0 Å². The molecule has 1 saturated heterocycles. The van der Waals surface area contributed by atoms with Crippen molar-refractivity contribution in [3.8, 4) is 0 Å². The summed E-state index contributed by atoms with van der Waals surface area (Å²) in [7, 11) is 0. The molecular weight excluding hydrogens is 392 g/mol. The van der Waals surface area contributed by atoms with Crippen LogP contribution < -0.4 is 16.0 Å². The zero-order chi connectivity index (χ0) is 22.2. The molecule has 4 amide bonds. The van der Waals surface area contributed by atoms with Crippen LogP contribution in [0.2, 0.25) is 0 Å². The molecule has 1 heterocycles. The summed E-state index contributed by atoms with van der Waals surface area (Å²) in [4.78, 5) is 39.0. The van der Waals surface area contributed by atoms with Crippen LogP contribution in [0.25, 0.3) is 0 Å². The largest absolute Gasteiger partial charge is 0.341 e. The van der Waals surface area contributed by atoms with E-state index in [-0.39, 0.29) is 17.8 Å². The number of carbonyl (C=O) groups excluding carboxylic acids is 3. The van der Waals surface area contributed by atoms with Crippen LogP contribution in [0.3, 0.4) is 0 Å². The minimum absolute atomic E-state index is 0.0915. The van der Waals surface area contributed by atoms with Crippen LogP contribution >= 0.6 is 0 Å². The van der Waals surface area contributed by atoms with Gasteiger partial charge in [-0.1, -0.05) is 30.5 Å². The number of aryl methyl sites for hydroxylation is 1. The van der Waals surface area contributed by atoms with Crippen LogP contribution in [-0.4, -0.2) is 41.9 Å². The van der Waals surface area contributed by atoms with Crippen molar-refractivity contribution in [2.24, 2.45) is 0 Å². The van der Waals surface area contributed by atoms with Crippen molar-refractivity contribution in [1.29, 1.82) is 0 Å². The van der Waals surface area contributed by atoms with Crippen molar-refractivity contribution in [2.75, 3.05) is 23.7 Å². The third kappa shape index (κ3) is 6.57. The highest BCUT2D eigenvalue weighted by atomic mass is 16.2. The van der Waals surface area contributed by atoms with Crippen LogP contribution in [0.4, 0.5) is 16.2 Å². The second kappa shape index (κ2) is 10.6. The molecular formula is C24H30N4O3. The first kappa shape index (κ1) is 22.3. The first-order chi connectivity index (χ1) is 14.9. The average molecular weight is 423 g/mol. The van der Waals surface area contributed by atoms with Gasteiger partial charge in [-0.15, -0.1) is 0 Å². The molecule has 1 unspecified atom stereocenters. The maximum Gasteiger partial charge on any atom is 0.321 e. The van der Waals surface area contributed by atoms with Gasteiger partial charge < -0.3 is 20.9 Å². The lowest BCUT2D eigenvalue weighted by Crippen LogP contribution is -2.41. The molecule has 1 fully saturated rings. The fourth-order valence-corrected chi connectivity index (χ4v) is 3.50. The Kier molecular flexibility index (Phi) is 7.65. The van der Waals surface area contributed by atoms with Gasteiger partial charge in [-0.05, 0) is 63.1 Å². The molecule has 1 aliphatic rings. The topological polar surface area (TPSA) is 90.5 Å². The van der Waals surface area contributed by atoms with E-state index in [9.17, 15) is 14.4 Å². The molecule has 0 saturated carbocycles. The van der Waals surface area contributed by atoms with Crippen molar-refractivity contribution >= 4 is 29.2 Å². The average Bonchev–Trinajstić information content (AvgIpc) is 3.04. The first-order valence-electron chi connectivity index (χ1n) is 10.8. The SMILES string of the molecule is Cc1cccc(C(=O)NC(C)C(=O)Nc2ccc(NC(=O)N3CCCCCC3)cc2)c1. The molecule has 0 radical (unpaired) electrons. The zero-order valence-electron chi connectivity index (χ0n) is 18.1. The number of carbonyl (C=O) groups is 3. The maximum atomic E-state index is 12.4. The number of benzene rings is 2. The lowest BCUT2D eigenvalue weighted by atomic mass is 10.1. The van der Waals surface area contributed by atoms with Crippen LogP contribution in [0.1, 0.15) is 48.5 Å². The molecule has 1 atom stereocenters. The molecule has 164 valence electrons. The molecule has 0 aliphatic carbocycles. The zero-order valence-corrected chi connectivity index (χ0v) is 18.1. The van der Waals surface area contributed by atoms with Crippen LogP contribution in [0.5, 0.6) is 0 Å². The fourth-order valence-electron chi connectivity index (χ4n) is 3.50. The van der Waals surface area contributed by atoms with E-state index in [2.05, 4.69) is 16.0 Å². The maximum absolute atomic E-state index is 12.4. The summed E-state index contributed by atoms with van der Waals surface area (Å²) in [6.07, 6.45) is 4.41. The molecule has 7 nitrogen and oxygen atoms in total. The van der Waals surface area contributed by atoms with Crippen molar-refractivity contribution < 1.29 is 14.4 Å². The minimum Gasteiger partial charge on any atom is -0.341 e. The van der Waals surface area contributed by atoms with E-state index in [4.69, 9.17) is 0 Å². The normalized spacial score (nSPS) is 14.8. The Bertz CT molecular complexity index is 919. The van der Waals surface area contributed by atoms with Crippen LogP contribution in [0, 0.1) is 6.92 Å². The van der Waals surface area contributed by atoms with Crippen molar-refractivity contribution in [3.63, 3.8) is 0 Å². The highest BCUT2D eigenvalue weighted by Crippen LogP contribution is 2.16. The monoisotopic (exact) mass is 422 g/mol.